The lowest BCUT2D eigenvalue weighted by molar-refractivity contribution is 0.627. The van der Waals surface area contributed by atoms with Crippen molar-refractivity contribution in [2.24, 2.45) is 0 Å². The van der Waals surface area contributed by atoms with Gasteiger partial charge in [-0.15, -0.1) is 24.8 Å². The van der Waals surface area contributed by atoms with Crippen molar-refractivity contribution in [2.45, 2.75) is 26.4 Å². The first-order valence-electron chi connectivity index (χ1n) is 10.0. The predicted octanol–water partition coefficient (Wildman–Crippen LogP) is 5.62. The molecular weight excluding hydrogens is 443 g/mol. The summed E-state index contributed by atoms with van der Waals surface area (Å²) in [7, 11) is 0. The summed E-state index contributed by atoms with van der Waals surface area (Å²) < 4.78 is 4.31. The molecule has 0 aliphatic heterocycles. The number of fused-ring (bicyclic) bond motifs is 2. The number of hydrogen-bond acceptors (Lipinski definition) is 4. The second kappa shape index (κ2) is 9.82. The first-order chi connectivity index (χ1) is 14.8. The molecule has 0 radical (unpaired) electrons. The molecule has 0 aliphatic rings. The fourth-order valence-electron chi connectivity index (χ4n) is 3.86. The lowest BCUT2D eigenvalue weighted by Gasteiger charge is -2.11. The standard InChI is InChI=1S/C24H20N6.2ClH/c1-2-12-30-22-10-7-17(15-25)14-21(22)28-23(30)16-29-13-11-26-24(29)20-9-8-18-5-3-4-6-19(18)27-20;;/h3-11,13-14H,2,12,16H2,1H3;2*1H. The van der Waals surface area contributed by atoms with Crippen LogP contribution in [0.4, 0.5) is 0 Å². The Morgan fingerprint density at radius 3 is 2.62 bits per heavy atom. The third kappa shape index (κ3) is 4.18. The highest BCUT2D eigenvalue weighted by molar-refractivity contribution is 5.85. The van der Waals surface area contributed by atoms with Gasteiger partial charge in [0.25, 0.3) is 0 Å². The van der Waals surface area contributed by atoms with Gasteiger partial charge in [-0.2, -0.15) is 5.26 Å². The Bertz CT molecular complexity index is 1410. The molecule has 0 N–H and O–H groups in total. The summed E-state index contributed by atoms with van der Waals surface area (Å²) in [5.74, 6) is 1.76. The summed E-state index contributed by atoms with van der Waals surface area (Å²) in [6, 6.07) is 20.0. The Kier molecular flexibility index (Phi) is 7.14. The second-order valence-corrected chi connectivity index (χ2v) is 7.26. The van der Waals surface area contributed by atoms with Crippen LogP contribution in [0.25, 0.3) is 33.5 Å². The van der Waals surface area contributed by atoms with Crippen LogP contribution in [0, 0.1) is 11.3 Å². The molecule has 5 rings (SSSR count). The molecule has 0 amide bonds. The minimum absolute atomic E-state index is 0. The van der Waals surface area contributed by atoms with Gasteiger partial charge < -0.3 is 9.13 Å². The van der Waals surface area contributed by atoms with Crippen LogP contribution in [0.5, 0.6) is 0 Å². The van der Waals surface area contributed by atoms with Crippen molar-refractivity contribution in [3.05, 3.63) is 78.4 Å². The van der Waals surface area contributed by atoms with Crippen molar-refractivity contribution < 1.29 is 0 Å². The first-order valence-corrected chi connectivity index (χ1v) is 10.0. The van der Waals surface area contributed by atoms with Gasteiger partial charge in [-0.05, 0) is 36.8 Å². The maximum atomic E-state index is 9.22. The number of rotatable bonds is 5. The van der Waals surface area contributed by atoms with Crippen molar-refractivity contribution in [3.8, 4) is 17.6 Å². The van der Waals surface area contributed by atoms with Crippen LogP contribution in [0.15, 0.2) is 67.0 Å². The van der Waals surface area contributed by atoms with E-state index >= 15 is 0 Å². The fraction of sp³-hybridized carbons (Fsp3) is 0.167. The monoisotopic (exact) mass is 464 g/mol. The molecule has 0 spiro atoms. The van der Waals surface area contributed by atoms with E-state index in [-0.39, 0.29) is 24.8 Å². The number of aryl methyl sites for hydroxylation is 1. The molecule has 6 nitrogen and oxygen atoms in total. The van der Waals surface area contributed by atoms with Gasteiger partial charge in [0.15, 0.2) is 5.82 Å². The van der Waals surface area contributed by atoms with Gasteiger partial charge in [0.05, 0.1) is 34.7 Å². The third-order valence-electron chi connectivity index (χ3n) is 5.26. The van der Waals surface area contributed by atoms with E-state index in [1.807, 2.05) is 48.7 Å². The lowest BCUT2D eigenvalue weighted by Crippen LogP contribution is -2.09. The lowest BCUT2D eigenvalue weighted by atomic mass is 10.2. The number of imidazole rings is 2. The van der Waals surface area contributed by atoms with Crippen molar-refractivity contribution in [3.63, 3.8) is 0 Å². The highest BCUT2D eigenvalue weighted by Crippen LogP contribution is 2.23. The fourth-order valence-corrected chi connectivity index (χ4v) is 3.86. The van der Waals surface area contributed by atoms with Gasteiger partial charge in [-0.25, -0.2) is 15.0 Å². The van der Waals surface area contributed by atoms with Crippen molar-refractivity contribution in [2.75, 3.05) is 0 Å². The molecule has 0 atom stereocenters. The maximum absolute atomic E-state index is 9.22. The predicted molar refractivity (Wildman–Crippen MR) is 131 cm³/mol. The van der Waals surface area contributed by atoms with Gasteiger partial charge in [-0.3, -0.25) is 0 Å². The molecule has 162 valence electrons. The highest BCUT2D eigenvalue weighted by atomic mass is 35.5. The van der Waals surface area contributed by atoms with E-state index in [2.05, 4.69) is 39.2 Å². The van der Waals surface area contributed by atoms with Crippen LogP contribution in [0.2, 0.25) is 0 Å². The van der Waals surface area contributed by atoms with Crippen LogP contribution < -0.4 is 0 Å². The number of nitriles is 1. The first kappa shape index (κ1) is 23.3. The Hall–Kier alpha value is -3.40. The molecule has 0 bridgehead atoms. The normalized spacial score (nSPS) is 10.5. The van der Waals surface area contributed by atoms with E-state index in [0.29, 0.717) is 12.1 Å². The minimum atomic E-state index is 0. The van der Waals surface area contributed by atoms with Crippen LogP contribution >= 0.6 is 24.8 Å². The van der Waals surface area contributed by atoms with Crippen LogP contribution in [0.1, 0.15) is 24.7 Å². The molecule has 2 aromatic carbocycles. The number of aromatic nitrogens is 5. The maximum Gasteiger partial charge on any atom is 0.159 e. The van der Waals surface area contributed by atoms with Gasteiger partial charge in [0.2, 0.25) is 0 Å². The molecule has 3 heterocycles. The summed E-state index contributed by atoms with van der Waals surface area (Å²) in [5, 5.41) is 10.3. The van der Waals surface area contributed by atoms with Crippen LogP contribution in [-0.2, 0) is 13.1 Å². The van der Waals surface area contributed by atoms with E-state index in [9.17, 15) is 5.26 Å². The minimum Gasteiger partial charge on any atom is -0.326 e. The molecule has 3 aromatic heterocycles. The Morgan fingerprint density at radius 2 is 1.81 bits per heavy atom. The molecule has 5 aromatic rings. The molecule has 0 saturated carbocycles. The zero-order valence-corrected chi connectivity index (χ0v) is 19.1. The molecule has 0 unspecified atom stereocenters. The topological polar surface area (TPSA) is 72.3 Å². The molecule has 0 fully saturated rings. The Labute approximate surface area is 198 Å². The summed E-state index contributed by atoms with van der Waals surface area (Å²) in [6.07, 6.45) is 4.76. The van der Waals surface area contributed by atoms with Crippen molar-refractivity contribution in [1.29, 1.82) is 5.26 Å². The third-order valence-corrected chi connectivity index (χ3v) is 5.26. The second-order valence-electron chi connectivity index (χ2n) is 7.26. The number of nitrogens with zero attached hydrogens (tertiary/aromatic N) is 6. The van der Waals surface area contributed by atoms with Gasteiger partial charge in [0, 0.05) is 24.3 Å². The molecule has 0 saturated heterocycles. The van der Waals surface area contributed by atoms with Gasteiger partial charge in [0.1, 0.15) is 11.5 Å². The number of benzene rings is 2. The van der Waals surface area contributed by atoms with Gasteiger partial charge >= 0.3 is 0 Å². The van der Waals surface area contributed by atoms with E-state index in [1.165, 1.54) is 0 Å². The smallest absolute Gasteiger partial charge is 0.159 e. The average Bonchev–Trinajstić information content (AvgIpc) is 3.38. The van der Waals surface area contributed by atoms with E-state index < -0.39 is 0 Å². The summed E-state index contributed by atoms with van der Waals surface area (Å²) in [6.45, 7) is 3.61. The summed E-state index contributed by atoms with van der Waals surface area (Å²) >= 11 is 0. The Morgan fingerprint density at radius 1 is 0.969 bits per heavy atom. The molecular formula is C24H22Cl2N6. The average molecular weight is 465 g/mol. The highest BCUT2D eigenvalue weighted by Gasteiger charge is 2.15. The van der Waals surface area contributed by atoms with Crippen LogP contribution in [-0.4, -0.2) is 24.1 Å². The van der Waals surface area contributed by atoms with Crippen molar-refractivity contribution >= 4 is 46.8 Å². The van der Waals surface area contributed by atoms with E-state index in [4.69, 9.17) is 9.97 Å². The Balaban J connectivity index is 0.00000144. The summed E-state index contributed by atoms with van der Waals surface area (Å²) in [5.41, 5.74) is 4.31. The summed E-state index contributed by atoms with van der Waals surface area (Å²) in [4.78, 5) is 14.2. The van der Waals surface area contributed by atoms with E-state index in [1.54, 1.807) is 6.20 Å². The quantitative estimate of drug-likeness (QED) is 0.338. The zero-order valence-electron chi connectivity index (χ0n) is 17.5. The van der Waals surface area contributed by atoms with Crippen LogP contribution in [0.3, 0.4) is 0 Å². The number of para-hydroxylation sites is 1. The van der Waals surface area contributed by atoms with E-state index in [0.717, 1.165) is 52.2 Å². The molecule has 8 heteroatoms. The van der Waals surface area contributed by atoms with Gasteiger partial charge in [-0.1, -0.05) is 31.2 Å². The number of pyridine rings is 1. The molecule has 0 aliphatic carbocycles. The largest absolute Gasteiger partial charge is 0.326 e. The zero-order chi connectivity index (χ0) is 20.5. The van der Waals surface area contributed by atoms with Crippen molar-refractivity contribution in [1.82, 2.24) is 24.1 Å². The SMILES string of the molecule is CCCn1c(Cn2ccnc2-c2ccc3ccccc3n2)nc2cc(C#N)ccc21.Cl.Cl. The molecule has 32 heavy (non-hydrogen) atoms. The number of hydrogen-bond donors (Lipinski definition) is 0. The number of halogens is 2.